The number of ether oxygens (including phenoxy) is 1. The molecule has 9 heteroatoms. The predicted octanol–water partition coefficient (Wildman–Crippen LogP) is 5.01. The number of benzene rings is 1. The number of nitrogens with zero attached hydrogens (tertiary/aromatic N) is 2. The molecule has 1 saturated heterocycles. The van der Waals surface area contributed by atoms with Crippen molar-refractivity contribution >= 4 is 39.9 Å². The number of aromatic nitrogens is 1. The van der Waals surface area contributed by atoms with E-state index in [2.05, 4.69) is 4.98 Å². The molecule has 2 aliphatic rings. The summed E-state index contributed by atoms with van der Waals surface area (Å²) in [5.74, 6) is -1.91. The van der Waals surface area contributed by atoms with Gasteiger partial charge in [-0.1, -0.05) is 11.6 Å². The monoisotopic (exact) mass is 466 g/mol. The summed E-state index contributed by atoms with van der Waals surface area (Å²) >= 11 is 7.51. The first-order chi connectivity index (χ1) is 14.9. The average molecular weight is 467 g/mol. The number of thiazole rings is 1. The van der Waals surface area contributed by atoms with Gasteiger partial charge in [-0.2, -0.15) is 0 Å². The number of hydrogen-bond donors (Lipinski definition) is 1. The molecule has 31 heavy (non-hydrogen) atoms. The zero-order valence-electron chi connectivity index (χ0n) is 16.9. The number of carboxylic acids is 1. The minimum Gasteiger partial charge on any atom is -0.481 e. The number of halogens is 2. The van der Waals surface area contributed by atoms with Crippen molar-refractivity contribution in [3.8, 4) is 11.3 Å². The van der Waals surface area contributed by atoms with Gasteiger partial charge in [0.1, 0.15) is 5.82 Å². The lowest BCUT2D eigenvalue weighted by molar-refractivity contribution is -0.141. The van der Waals surface area contributed by atoms with E-state index in [0.717, 1.165) is 25.7 Å². The molecule has 1 atom stereocenters. The fourth-order valence-electron chi connectivity index (χ4n) is 4.02. The first-order valence-electron chi connectivity index (χ1n) is 10.5. The van der Waals surface area contributed by atoms with Crippen LogP contribution < -0.4 is 4.90 Å². The van der Waals surface area contributed by atoms with Crippen LogP contribution in [0.4, 0.5) is 9.52 Å². The molecule has 0 unspecified atom stereocenters. The second-order valence-electron chi connectivity index (χ2n) is 8.17. The number of hydrogen-bond acceptors (Lipinski definition) is 5. The summed E-state index contributed by atoms with van der Waals surface area (Å²) < 4.78 is 19.1. The SMILES string of the molecule is O=C(O)C[C@@H](CC1CCOCC1)C(=O)N(c1nc(-c2cc(F)ccc2Cl)cs1)C1CC1. The largest absolute Gasteiger partial charge is 0.481 e. The van der Waals surface area contributed by atoms with E-state index >= 15 is 0 Å². The Morgan fingerprint density at radius 2 is 2.03 bits per heavy atom. The Bertz CT molecular complexity index is 959. The molecule has 1 aromatic carbocycles. The number of amides is 1. The van der Waals surface area contributed by atoms with Gasteiger partial charge >= 0.3 is 5.97 Å². The molecule has 1 N–H and O–H groups in total. The third-order valence-electron chi connectivity index (χ3n) is 5.78. The van der Waals surface area contributed by atoms with Crippen molar-refractivity contribution < 1.29 is 23.8 Å². The molecule has 1 saturated carbocycles. The van der Waals surface area contributed by atoms with Gasteiger partial charge in [0.15, 0.2) is 5.13 Å². The lowest BCUT2D eigenvalue weighted by atomic mass is 9.86. The van der Waals surface area contributed by atoms with E-state index in [0.29, 0.717) is 41.0 Å². The van der Waals surface area contributed by atoms with Crippen molar-refractivity contribution in [2.75, 3.05) is 18.1 Å². The van der Waals surface area contributed by atoms with Gasteiger partial charge in [-0.25, -0.2) is 9.37 Å². The van der Waals surface area contributed by atoms with Gasteiger partial charge in [0, 0.05) is 36.1 Å². The van der Waals surface area contributed by atoms with E-state index in [-0.39, 0.29) is 24.3 Å². The zero-order valence-corrected chi connectivity index (χ0v) is 18.5. The molecule has 0 spiro atoms. The van der Waals surface area contributed by atoms with Gasteiger partial charge in [0.05, 0.1) is 17.1 Å². The second kappa shape index (κ2) is 9.63. The van der Waals surface area contributed by atoms with Gasteiger partial charge in [0.25, 0.3) is 0 Å². The minimum atomic E-state index is -0.979. The minimum absolute atomic E-state index is 0.0282. The zero-order chi connectivity index (χ0) is 22.0. The predicted molar refractivity (Wildman–Crippen MR) is 117 cm³/mol. The highest BCUT2D eigenvalue weighted by atomic mass is 35.5. The Hall–Kier alpha value is -2.03. The molecule has 1 amide bonds. The maximum absolute atomic E-state index is 13.7. The highest BCUT2D eigenvalue weighted by Crippen LogP contribution is 2.39. The molecule has 2 heterocycles. The maximum Gasteiger partial charge on any atom is 0.304 e. The number of rotatable bonds is 8. The molecule has 2 fully saturated rings. The highest BCUT2D eigenvalue weighted by Gasteiger charge is 2.40. The molecule has 0 bridgehead atoms. The summed E-state index contributed by atoms with van der Waals surface area (Å²) in [6, 6.07) is 4.11. The molecule has 0 radical (unpaired) electrons. The molecule has 1 aliphatic heterocycles. The van der Waals surface area contributed by atoms with E-state index in [1.165, 1.54) is 29.5 Å². The van der Waals surface area contributed by atoms with E-state index in [9.17, 15) is 19.1 Å². The Kier molecular flexibility index (Phi) is 6.89. The van der Waals surface area contributed by atoms with Crippen LogP contribution in [0.2, 0.25) is 5.02 Å². The van der Waals surface area contributed by atoms with Gasteiger partial charge in [-0.15, -0.1) is 11.3 Å². The lowest BCUT2D eigenvalue weighted by Crippen LogP contribution is -2.40. The summed E-state index contributed by atoms with van der Waals surface area (Å²) in [6.45, 7) is 1.30. The molecule has 166 valence electrons. The van der Waals surface area contributed by atoms with Crippen molar-refractivity contribution in [1.29, 1.82) is 0 Å². The Labute approximate surface area is 189 Å². The van der Waals surface area contributed by atoms with Crippen LogP contribution in [0, 0.1) is 17.7 Å². The van der Waals surface area contributed by atoms with Crippen LogP contribution in [0.25, 0.3) is 11.3 Å². The van der Waals surface area contributed by atoms with Crippen LogP contribution in [0.1, 0.15) is 38.5 Å². The Balaban J connectivity index is 1.58. The van der Waals surface area contributed by atoms with Crippen LogP contribution in [0.5, 0.6) is 0 Å². The first kappa shape index (κ1) is 22.2. The smallest absolute Gasteiger partial charge is 0.304 e. The highest BCUT2D eigenvalue weighted by molar-refractivity contribution is 7.14. The van der Waals surface area contributed by atoms with E-state index in [1.807, 2.05) is 0 Å². The van der Waals surface area contributed by atoms with Gasteiger partial charge in [0.2, 0.25) is 5.91 Å². The maximum atomic E-state index is 13.7. The van der Waals surface area contributed by atoms with Crippen LogP contribution in [0.3, 0.4) is 0 Å². The second-order valence-corrected chi connectivity index (χ2v) is 9.41. The molecule has 6 nitrogen and oxygen atoms in total. The average Bonchev–Trinajstić information content (AvgIpc) is 3.46. The number of carboxylic acid groups (broad SMARTS) is 1. The van der Waals surface area contributed by atoms with E-state index < -0.39 is 17.7 Å². The molecule has 1 aromatic heterocycles. The topological polar surface area (TPSA) is 79.7 Å². The standard InChI is InChI=1S/C22H24ClFN2O4S/c23-18-4-1-15(24)11-17(18)19-12-31-22(25-19)26(16-2-3-16)21(29)14(10-20(27)28)9-13-5-7-30-8-6-13/h1,4,11-14,16H,2-3,5-10H2,(H,27,28)/t14-/m1/s1. The number of aliphatic carboxylic acids is 1. The third kappa shape index (κ3) is 5.42. The molecule has 2 aromatic rings. The molecule has 1 aliphatic carbocycles. The summed E-state index contributed by atoms with van der Waals surface area (Å²) in [5.41, 5.74) is 0.971. The molecular formula is C22H24ClFN2O4S. The quantitative estimate of drug-likeness (QED) is 0.591. The van der Waals surface area contributed by atoms with Gasteiger partial charge < -0.3 is 9.84 Å². The number of carbonyl (C=O) groups excluding carboxylic acids is 1. The van der Waals surface area contributed by atoms with E-state index in [1.54, 1.807) is 10.3 Å². The molecule has 4 rings (SSSR count). The summed E-state index contributed by atoms with van der Waals surface area (Å²) in [4.78, 5) is 31.3. The summed E-state index contributed by atoms with van der Waals surface area (Å²) in [7, 11) is 0. The van der Waals surface area contributed by atoms with Crippen molar-refractivity contribution in [3.63, 3.8) is 0 Å². The fourth-order valence-corrected chi connectivity index (χ4v) is 5.13. The van der Waals surface area contributed by atoms with Crippen molar-refractivity contribution in [3.05, 3.63) is 34.4 Å². The van der Waals surface area contributed by atoms with Crippen molar-refractivity contribution in [2.45, 2.75) is 44.6 Å². The number of carbonyl (C=O) groups is 2. The first-order valence-corrected chi connectivity index (χ1v) is 11.7. The van der Waals surface area contributed by atoms with Gasteiger partial charge in [-0.3, -0.25) is 14.5 Å². The van der Waals surface area contributed by atoms with Crippen molar-refractivity contribution in [2.24, 2.45) is 11.8 Å². The molecular weight excluding hydrogens is 443 g/mol. The fraction of sp³-hybridized carbons (Fsp3) is 0.500. The van der Waals surface area contributed by atoms with Gasteiger partial charge in [-0.05, 0) is 56.2 Å². The Morgan fingerprint density at radius 3 is 2.71 bits per heavy atom. The van der Waals surface area contributed by atoms with Crippen LogP contribution >= 0.6 is 22.9 Å². The number of anilines is 1. The van der Waals surface area contributed by atoms with Crippen LogP contribution in [-0.4, -0.2) is 41.2 Å². The van der Waals surface area contributed by atoms with Crippen molar-refractivity contribution in [1.82, 2.24) is 4.98 Å². The van der Waals surface area contributed by atoms with E-state index in [4.69, 9.17) is 16.3 Å². The normalized spacial score (nSPS) is 18.0. The summed E-state index contributed by atoms with van der Waals surface area (Å²) in [6.07, 6.45) is 3.73. The summed E-state index contributed by atoms with van der Waals surface area (Å²) in [5, 5.41) is 12.1. The van der Waals surface area contributed by atoms with Crippen LogP contribution in [-0.2, 0) is 14.3 Å². The van der Waals surface area contributed by atoms with Crippen LogP contribution in [0.15, 0.2) is 23.6 Å². The Morgan fingerprint density at radius 1 is 1.29 bits per heavy atom. The third-order valence-corrected chi connectivity index (χ3v) is 6.95. The lowest BCUT2D eigenvalue weighted by Gasteiger charge is -2.29.